The van der Waals surface area contributed by atoms with Gasteiger partial charge in [-0.15, -0.1) is 0 Å². The molecule has 65 heavy (non-hydrogen) atoms. The van der Waals surface area contributed by atoms with E-state index in [9.17, 15) is 0 Å². The molecule has 3 heteroatoms. The summed E-state index contributed by atoms with van der Waals surface area (Å²) in [5.74, 6) is 0. The topological polar surface area (TPSA) is 13.1 Å². The van der Waals surface area contributed by atoms with E-state index in [-0.39, 0.29) is 0 Å². The highest BCUT2D eigenvalue weighted by atomic mass is 15.1. The van der Waals surface area contributed by atoms with Crippen LogP contribution in [0.1, 0.15) is 0 Å². The number of nitrogens with zero attached hydrogens (tertiary/aromatic N) is 3. The molecule has 0 fully saturated rings. The molecule has 0 aliphatic heterocycles. The van der Waals surface area contributed by atoms with Crippen molar-refractivity contribution in [2.75, 3.05) is 4.90 Å². The first kappa shape index (κ1) is 36.9. The van der Waals surface area contributed by atoms with Crippen molar-refractivity contribution in [3.8, 4) is 33.6 Å². The van der Waals surface area contributed by atoms with E-state index in [1.54, 1.807) is 0 Å². The molecule has 0 radical (unpaired) electrons. The zero-order valence-electron chi connectivity index (χ0n) is 35.5. The van der Waals surface area contributed by atoms with Crippen molar-refractivity contribution in [1.82, 2.24) is 9.13 Å². The minimum absolute atomic E-state index is 1.08. The molecule has 2 heterocycles. The van der Waals surface area contributed by atoms with E-state index in [1.165, 1.54) is 76.4 Å². The average molecular weight is 828 g/mol. The van der Waals surface area contributed by atoms with Gasteiger partial charge in [-0.25, -0.2) is 0 Å². The standard InChI is InChI=1S/C62H41N3/c1-4-16-42(17-5-1)48-30-35-59-56(40-48)62-61(64(59)49-24-8-3-9-25-49)57-41-52(33-36-60(57)65(62)58-37-34-53(45-20-6-2-7-21-45)54-26-14-15-27-55(54)58)63(50-31-28-43-18-10-12-22-46(43)38-50)51-32-29-44-19-11-13-23-47(44)39-51/h1-41H. The van der Waals surface area contributed by atoms with Gasteiger partial charge in [0.05, 0.1) is 27.8 Å². The lowest BCUT2D eigenvalue weighted by atomic mass is 9.97. The molecular weight excluding hydrogens is 787 g/mol. The van der Waals surface area contributed by atoms with Crippen molar-refractivity contribution in [3.63, 3.8) is 0 Å². The number of fused-ring (bicyclic) bond motifs is 8. The third-order valence-electron chi connectivity index (χ3n) is 13.2. The molecule has 13 aromatic rings. The van der Waals surface area contributed by atoms with Crippen LogP contribution in [0.4, 0.5) is 17.1 Å². The lowest BCUT2D eigenvalue weighted by molar-refractivity contribution is 1.18. The summed E-state index contributed by atoms with van der Waals surface area (Å²) in [6.45, 7) is 0. The van der Waals surface area contributed by atoms with Gasteiger partial charge in [0.25, 0.3) is 0 Å². The predicted octanol–water partition coefficient (Wildman–Crippen LogP) is 17.0. The molecule has 0 saturated heterocycles. The lowest BCUT2D eigenvalue weighted by Gasteiger charge is -2.26. The van der Waals surface area contributed by atoms with Crippen LogP contribution in [-0.4, -0.2) is 9.13 Å². The van der Waals surface area contributed by atoms with Gasteiger partial charge in [0.15, 0.2) is 0 Å². The van der Waals surface area contributed by atoms with E-state index in [4.69, 9.17) is 0 Å². The summed E-state index contributed by atoms with van der Waals surface area (Å²) in [6.07, 6.45) is 0. The highest BCUT2D eigenvalue weighted by Crippen LogP contribution is 2.46. The minimum atomic E-state index is 1.08. The highest BCUT2D eigenvalue weighted by molar-refractivity contribution is 6.22. The van der Waals surface area contributed by atoms with Crippen LogP contribution in [-0.2, 0) is 0 Å². The molecule has 0 saturated carbocycles. The number of benzene rings is 11. The second-order valence-corrected chi connectivity index (χ2v) is 16.9. The van der Waals surface area contributed by atoms with Crippen LogP contribution >= 0.6 is 0 Å². The Bertz CT molecular complexity index is 3860. The zero-order valence-corrected chi connectivity index (χ0v) is 35.5. The minimum Gasteiger partial charge on any atom is -0.310 e. The summed E-state index contributed by atoms with van der Waals surface area (Å²) in [5.41, 5.74) is 15.0. The molecule has 0 bridgehead atoms. The molecule has 2 aromatic heterocycles. The van der Waals surface area contributed by atoms with E-state index < -0.39 is 0 Å². The van der Waals surface area contributed by atoms with Gasteiger partial charge in [-0.1, -0.05) is 176 Å². The molecule has 0 spiro atoms. The van der Waals surface area contributed by atoms with Crippen molar-refractivity contribution in [2.24, 2.45) is 0 Å². The second-order valence-electron chi connectivity index (χ2n) is 16.9. The summed E-state index contributed by atoms with van der Waals surface area (Å²) in [4.78, 5) is 2.43. The van der Waals surface area contributed by atoms with Gasteiger partial charge in [0, 0.05) is 38.9 Å². The normalized spacial score (nSPS) is 11.7. The van der Waals surface area contributed by atoms with Gasteiger partial charge >= 0.3 is 0 Å². The van der Waals surface area contributed by atoms with E-state index >= 15 is 0 Å². The van der Waals surface area contributed by atoms with Crippen LogP contribution in [0.25, 0.3) is 98.8 Å². The summed E-state index contributed by atoms with van der Waals surface area (Å²) in [7, 11) is 0. The Kier molecular flexibility index (Phi) is 8.53. The monoisotopic (exact) mass is 827 g/mol. The van der Waals surface area contributed by atoms with Gasteiger partial charge in [-0.2, -0.15) is 0 Å². The lowest BCUT2D eigenvalue weighted by Crippen LogP contribution is -2.10. The summed E-state index contributed by atoms with van der Waals surface area (Å²) in [6, 6.07) is 90.9. The first-order valence-electron chi connectivity index (χ1n) is 22.3. The average Bonchev–Trinajstić information content (AvgIpc) is 3.89. The smallest absolute Gasteiger partial charge is 0.0804 e. The third-order valence-corrected chi connectivity index (χ3v) is 13.2. The SMILES string of the molecule is c1ccc(-c2ccc3c(c2)c2c(c4cc(N(c5ccc6ccccc6c5)c5ccc6ccccc6c5)ccc4n2-c2ccc(-c4ccccc4)c4ccccc24)n3-c2ccccc2)cc1. The molecular formula is C62H41N3. The first-order chi connectivity index (χ1) is 32.2. The Morgan fingerprint density at radius 1 is 0.277 bits per heavy atom. The van der Waals surface area contributed by atoms with Crippen molar-refractivity contribution in [2.45, 2.75) is 0 Å². The molecule has 0 N–H and O–H groups in total. The predicted molar refractivity (Wildman–Crippen MR) is 276 cm³/mol. The molecule has 11 aromatic carbocycles. The second kappa shape index (κ2) is 15.0. The van der Waals surface area contributed by atoms with E-state index in [0.717, 1.165) is 39.5 Å². The van der Waals surface area contributed by atoms with Gasteiger partial charge in [-0.05, 0) is 122 Å². The van der Waals surface area contributed by atoms with Gasteiger partial charge in [-0.3, -0.25) is 0 Å². The Labute approximate surface area is 376 Å². The quantitative estimate of drug-likeness (QED) is 0.156. The van der Waals surface area contributed by atoms with Crippen molar-refractivity contribution >= 4 is 82.2 Å². The fourth-order valence-corrected chi connectivity index (χ4v) is 10.2. The Morgan fingerprint density at radius 2 is 0.769 bits per heavy atom. The summed E-state index contributed by atoms with van der Waals surface area (Å²) in [5, 5.41) is 9.63. The zero-order chi connectivity index (χ0) is 42.8. The fourth-order valence-electron chi connectivity index (χ4n) is 10.2. The number of anilines is 3. The van der Waals surface area contributed by atoms with E-state index in [1.807, 2.05) is 0 Å². The van der Waals surface area contributed by atoms with Crippen molar-refractivity contribution < 1.29 is 0 Å². The van der Waals surface area contributed by atoms with Crippen LogP contribution < -0.4 is 4.90 Å². The van der Waals surface area contributed by atoms with Crippen molar-refractivity contribution in [1.29, 1.82) is 0 Å². The molecule has 3 nitrogen and oxygen atoms in total. The Balaban J connectivity index is 1.16. The van der Waals surface area contributed by atoms with E-state index in [2.05, 4.69) is 263 Å². The Morgan fingerprint density at radius 3 is 1.45 bits per heavy atom. The number of aromatic nitrogens is 2. The summed E-state index contributed by atoms with van der Waals surface area (Å²) >= 11 is 0. The fraction of sp³-hybridized carbons (Fsp3) is 0. The maximum Gasteiger partial charge on any atom is 0.0804 e. The highest BCUT2D eigenvalue weighted by Gasteiger charge is 2.25. The molecule has 304 valence electrons. The maximum atomic E-state index is 2.54. The largest absolute Gasteiger partial charge is 0.310 e. The molecule has 0 atom stereocenters. The first-order valence-corrected chi connectivity index (χ1v) is 22.3. The summed E-state index contributed by atoms with van der Waals surface area (Å²) < 4.78 is 5.03. The number of rotatable bonds is 7. The van der Waals surface area contributed by atoms with Crippen LogP contribution in [0.2, 0.25) is 0 Å². The van der Waals surface area contributed by atoms with Crippen LogP contribution in [0.3, 0.4) is 0 Å². The van der Waals surface area contributed by atoms with Gasteiger partial charge in [0.1, 0.15) is 0 Å². The maximum absolute atomic E-state index is 2.54. The van der Waals surface area contributed by atoms with Crippen molar-refractivity contribution in [3.05, 3.63) is 249 Å². The molecule has 0 amide bonds. The molecule has 0 aliphatic rings. The van der Waals surface area contributed by atoms with Crippen LogP contribution in [0.15, 0.2) is 249 Å². The van der Waals surface area contributed by atoms with Crippen LogP contribution in [0, 0.1) is 0 Å². The molecule has 0 aliphatic carbocycles. The van der Waals surface area contributed by atoms with Crippen LogP contribution in [0.5, 0.6) is 0 Å². The van der Waals surface area contributed by atoms with Gasteiger partial charge < -0.3 is 14.0 Å². The van der Waals surface area contributed by atoms with E-state index in [0.29, 0.717) is 0 Å². The number of hydrogen-bond acceptors (Lipinski definition) is 1. The number of hydrogen-bond donors (Lipinski definition) is 0. The molecule has 0 unspecified atom stereocenters. The Hall–Kier alpha value is -8.66. The third kappa shape index (κ3) is 6.05. The molecule has 13 rings (SSSR count). The van der Waals surface area contributed by atoms with Gasteiger partial charge in [0.2, 0.25) is 0 Å². The number of para-hydroxylation sites is 1.